The molecule has 3 atom stereocenters. The smallest absolute Gasteiger partial charge is 0.391 e. The van der Waals surface area contributed by atoms with Crippen molar-refractivity contribution in [1.29, 1.82) is 0 Å². The fourth-order valence-electron chi connectivity index (χ4n) is 8.50. The van der Waals surface area contributed by atoms with Crippen molar-refractivity contribution in [2.45, 2.75) is 276 Å². The van der Waals surface area contributed by atoms with Gasteiger partial charge in [0, 0.05) is 6.42 Å². The minimum atomic E-state index is -4.34. The van der Waals surface area contributed by atoms with Gasteiger partial charge in [-0.1, -0.05) is 267 Å². The van der Waals surface area contributed by atoms with Crippen LogP contribution in [0.5, 0.6) is 0 Å². The molecule has 3 unspecified atom stereocenters. The van der Waals surface area contributed by atoms with E-state index in [0.717, 1.165) is 57.8 Å². The molecule has 0 aromatic heterocycles. The molecule has 0 aliphatic heterocycles. The fourth-order valence-corrected chi connectivity index (χ4v) is 9.23. The second kappa shape index (κ2) is 51.1. The summed E-state index contributed by atoms with van der Waals surface area (Å²) in [6.07, 6.45) is 68.8. The van der Waals surface area contributed by atoms with Crippen LogP contribution in [0.15, 0.2) is 60.8 Å². The molecule has 1 amide bonds. The third-order valence-corrected chi connectivity index (χ3v) is 14.0. The number of hydrogen-bond donors (Lipinski definition) is 3. The molecule has 0 saturated heterocycles. The zero-order valence-electron chi connectivity index (χ0n) is 46.0. The maximum atomic E-state index is 12.9. The Balaban J connectivity index is 4.13. The lowest BCUT2D eigenvalue weighted by Crippen LogP contribution is -2.46. The molecule has 0 spiro atoms. The van der Waals surface area contributed by atoms with Crippen molar-refractivity contribution in [3.05, 3.63) is 60.8 Å². The third-order valence-electron chi connectivity index (χ3n) is 13.0. The molecule has 0 heterocycles. The Bertz CT molecular complexity index is 1310. The number of quaternary nitrogens is 1. The Morgan fingerprint density at radius 1 is 0.507 bits per heavy atom. The molecule has 9 heteroatoms. The first kappa shape index (κ1) is 67.2. The molecule has 3 N–H and O–H groups in total. The molecule has 0 rings (SSSR count). The molecule has 0 fully saturated rings. The van der Waals surface area contributed by atoms with E-state index < -0.39 is 20.0 Å². The van der Waals surface area contributed by atoms with Crippen LogP contribution in [0.1, 0.15) is 264 Å². The van der Waals surface area contributed by atoms with Crippen LogP contribution < -0.4 is 5.32 Å². The summed E-state index contributed by atoms with van der Waals surface area (Å²) >= 11 is 0. The Morgan fingerprint density at radius 3 is 1.22 bits per heavy atom. The standard InChI is InChI=1S/C60H113N2O6P/c1-6-8-10-12-14-16-18-20-22-24-25-26-27-28-29-30-31-32-33-34-35-36-38-39-41-43-45-47-49-51-53-59(63)58(57-68-69(65,66)67-56-55-62(3,4)5)61-60(64)54-52-50-48-46-44-42-40-37-23-21-19-17-15-13-11-9-7-2/h9,11,15,17,21,23,40,42,46,48,58-59,63H,6-8,10,12-14,16,18-20,22,24-39,41,43-45,47,49-57H2,1-5H3,(H-,61,64,65,66)/p+1/b11-9-,17-15-,23-21-,42-40-,48-46-. The lowest BCUT2D eigenvalue weighted by atomic mass is 10.0. The summed E-state index contributed by atoms with van der Waals surface area (Å²) in [7, 11) is 1.58. The van der Waals surface area contributed by atoms with Gasteiger partial charge in [0.05, 0.1) is 39.9 Å². The van der Waals surface area contributed by atoms with Crippen molar-refractivity contribution in [2.24, 2.45) is 0 Å². The van der Waals surface area contributed by atoms with Gasteiger partial charge < -0.3 is 19.8 Å². The topological polar surface area (TPSA) is 105 Å². The normalized spacial score (nSPS) is 14.4. The zero-order chi connectivity index (χ0) is 50.6. The number of rotatable bonds is 53. The molecule has 0 aliphatic carbocycles. The van der Waals surface area contributed by atoms with E-state index in [-0.39, 0.29) is 19.1 Å². The van der Waals surface area contributed by atoms with E-state index in [4.69, 9.17) is 9.05 Å². The van der Waals surface area contributed by atoms with Gasteiger partial charge in [0.15, 0.2) is 0 Å². The molecule has 0 aromatic rings. The van der Waals surface area contributed by atoms with Crippen molar-refractivity contribution >= 4 is 13.7 Å². The first-order chi connectivity index (χ1) is 33.5. The number of allylic oxidation sites excluding steroid dienone is 10. The number of nitrogens with zero attached hydrogens (tertiary/aromatic N) is 1. The fraction of sp³-hybridized carbons (Fsp3) is 0.817. The summed E-state index contributed by atoms with van der Waals surface area (Å²) in [6, 6.07) is -0.794. The first-order valence-electron chi connectivity index (χ1n) is 29.2. The predicted molar refractivity (Wildman–Crippen MR) is 300 cm³/mol. The van der Waals surface area contributed by atoms with Crippen LogP contribution >= 0.6 is 7.82 Å². The van der Waals surface area contributed by atoms with Crippen LogP contribution in [0.3, 0.4) is 0 Å². The highest BCUT2D eigenvalue weighted by Crippen LogP contribution is 2.43. The van der Waals surface area contributed by atoms with Crippen molar-refractivity contribution in [1.82, 2.24) is 5.32 Å². The summed E-state index contributed by atoms with van der Waals surface area (Å²) in [6.45, 7) is 4.75. The van der Waals surface area contributed by atoms with Gasteiger partial charge in [0.2, 0.25) is 5.91 Å². The van der Waals surface area contributed by atoms with Crippen LogP contribution in [0, 0.1) is 0 Å². The summed E-state index contributed by atoms with van der Waals surface area (Å²) in [5.74, 6) is -0.200. The predicted octanol–water partition coefficient (Wildman–Crippen LogP) is 17.7. The van der Waals surface area contributed by atoms with Crippen LogP contribution in [0.25, 0.3) is 0 Å². The molecule has 0 bridgehead atoms. The van der Waals surface area contributed by atoms with Crippen LogP contribution in [-0.4, -0.2) is 73.4 Å². The maximum absolute atomic E-state index is 12.9. The SMILES string of the molecule is CC/C=C\C/C=C\C/C=C\C/C=C\C/C=C\CCCC(=O)NC(COP(=O)(O)OCC[N+](C)(C)C)C(O)CCCCCCCCCCCCCCCCCCCCCCCCCCCCCCCC. The highest BCUT2D eigenvalue weighted by Gasteiger charge is 2.28. The van der Waals surface area contributed by atoms with E-state index in [1.807, 2.05) is 21.1 Å². The second-order valence-corrected chi connectivity index (χ2v) is 22.4. The highest BCUT2D eigenvalue weighted by molar-refractivity contribution is 7.47. The second-order valence-electron chi connectivity index (χ2n) is 21.0. The highest BCUT2D eigenvalue weighted by atomic mass is 31.2. The van der Waals surface area contributed by atoms with Crippen LogP contribution in [0.4, 0.5) is 0 Å². The number of phosphoric acid groups is 1. The van der Waals surface area contributed by atoms with Crippen molar-refractivity contribution in [3.8, 4) is 0 Å². The molecule has 404 valence electrons. The zero-order valence-corrected chi connectivity index (χ0v) is 46.9. The summed E-state index contributed by atoms with van der Waals surface area (Å²) in [5.41, 5.74) is 0. The molecule has 0 aliphatic rings. The minimum absolute atomic E-state index is 0.0618. The summed E-state index contributed by atoms with van der Waals surface area (Å²) in [5, 5.41) is 14.0. The van der Waals surface area contributed by atoms with Gasteiger partial charge >= 0.3 is 7.82 Å². The molecule has 69 heavy (non-hydrogen) atoms. The number of carbonyl (C=O) groups is 1. The Morgan fingerprint density at radius 2 is 0.855 bits per heavy atom. The molecule has 8 nitrogen and oxygen atoms in total. The molecule has 0 saturated carbocycles. The summed E-state index contributed by atoms with van der Waals surface area (Å²) in [4.78, 5) is 23.3. The third kappa shape index (κ3) is 53.8. The largest absolute Gasteiger partial charge is 0.472 e. The van der Waals surface area contributed by atoms with Crippen LogP contribution in [0.2, 0.25) is 0 Å². The Kier molecular flexibility index (Phi) is 49.8. The van der Waals surface area contributed by atoms with E-state index in [9.17, 15) is 19.4 Å². The Hall–Kier alpha value is -1.80. The van der Waals surface area contributed by atoms with Crippen molar-refractivity contribution in [3.63, 3.8) is 0 Å². The van der Waals surface area contributed by atoms with Gasteiger partial charge in [-0.05, 0) is 51.4 Å². The van der Waals surface area contributed by atoms with E-state index in [0.29, 0.717) is 30.3 Å². The summed E-state index contributed by atoms with van der Waals surface area (Å²) < 4.78 is 23.7. The van der Waals surface area contributed by atoms with Gasteiger partial charge in [-0.3, -0.25) is 13.8 Å². The van der Waals surface area contributed by atoms with Crippen molar-refractivity contribution < 1.29 is 32.9 Å². The lowest BCUT2D eigenvalue weighted by Gasteiger charge is -2.26. The van der Waals surface area contributed by atoms with E-state index in [2.05, 4.69) is 79.9 Å². The average Bonchev–Trinajstić information content (AvgIpc) is 3.31. The molecular weight excluding hydrogens is 876 g/mol. The van der Waals surface area contributed by atoms with Gasteiger partial charge in [-0.2, -0.15) is 0 Å². The minimum Gasteiger partial charge on any atom is -0.391 e. The number of phosphoric ester groups is 1. The monoisotopic (exact) mass is 990 g/mol. The average molecular weight is 991 g/mol. The first-order valence-corrected chi connectivity index (χ1v) is 30.6. The number of unbranched alkanes of at least 4 members (excludes halogenated alkanes) is 30. The molecule has 0 aromatic carbocycles. The van der Waals surface area contributed by atoms with Crippen molar-refractivity contribution in [2.75, 3.05) is 40.9 Å². The van der Waals surface area contributed by atoms with E-state index >= 15 is 0 Å². The van der Waals surface area contributed by atoms with Crippen LogP contribution in [-0.2, 0) is 18.4 Å². The number of hydrogen-bond acceptors (Lipinski definition) is 5. The Labute approximate surface area is 428 Å². The van der Waals surface area contributed by atoms with Gasteiger partial charge in [-0.15, -0.1) is 0 Å². The van der Waals surface area contributed by atoms with Gasteiger partial charge in [0.25, 0.3) is 0 Å². The van der Waals surface area contributed by atoms with E-state index in [1.54, 1.807) is 0 Å². The maximum Gasteiger partial charge on any atom is 0.472 e. The lowest BCUT2D eigenvalue weighted by molar-refractivity contribution is -0.870. The number of likely N-dealkylation sites (N-methyl/N-ethyl adjacent to an activating group) is 1. The van der Waals surface area contributed by atoms with E-state index in [1.165, 1.54) is 173 Å². The van der Waals surface area contributed by atoms with Gasteiger partial charge in [-0.25, -0.2) is 4.57 Å². The number of nitrogens with one attached hydrogen (secondary N) is 1. The number of aliphatic hydroxyl groups excluding tert-OH is 1. The number of carbonyl (C=O) groups excluding carboxylic acids is 1. The quantitative estimate of drug-likeness (QED) is 0.0243. The number of amides is 1. The molecular formula is C60H114N2O6P+. The number of aliphatic hydroxyl groups is 1. The molecule has 0 radical (unpaired) electrons. The van der Waals surface area contributed by atoms with Gasteiger partial charge in [0.1, 0.15) is 13.2 Å².